The number of amides is 1. The molecule has 9 heteroatoms. The van der Waals surface area contributed by atoms with Crippen molar-refractivity contribution in [2.45, 2.75) is 37.8 Å². The molecular weight excluding hydrogens is 392 g/mol. The van der Waals surface area contributed by atoms with Crippen LogP contribution in [0.25, 0.3) is 11.0 Å². The van der Waals surface area contributed by atoms with Crippen LogP contribution in [0.2, 0.25) is 0 Å². The van der Waals surface area contributed by atoms with Gasteiger partial charge in [-0.25, -0.2) is 9.97 Å². The van der Waals surface area contributed by atoms with Crippen molar-refractivity contribution in [3.63, 3.8) is 0 Å². The van der Waals surface area contributed by atoms with Gasteiger partial charge in [0, 0.05) is 43.8 Å². The summed E-state index contributed by atoms with van der Waals surface area (Å²) in [6.07, 6.45) is 8.10. The van der Waals surface area contributed by atoms with Crippen LogP contribution in [0.4, 0.5) is 17.5 Å². The molecule has 0 spiro atoms. The largest absolute Gasteiger partial charge is 0.368 e. The molecular formula is C22H26N8O. The van der Waals surface area contributed by atoms with Gasteiger partial charge in [-0.15, -0.1) is 0 Å². The van der Waals surface area contributed by atoms with E-state index < -0.39 is 0 Å². The van der Waals surface area contributed by atoms with Crippen LogP contribution in [-0.2, 0) is 0 Å². The zero-order valence-corrected chi connectivity index (χ0v) is 17.3. The number of carbonyl (C=O) groups excluding carboxylic acids is 1. The van der Waals surface area contributed by atoms with Crippen molar-refractivity contribution in [1.82, 2.24) is 30.2 Å². The summed E-state index contributed by atoms with van der Waals surface area (Å²) in [5.41, 5.74) is 2.62. The summed E-state index contributed by atoms with van der Waals surface area (Å²) in [4.78, 5) is 28.8. The summed E-state index contributed by atoms with van der Waals surface area (Å²) in [5, 5.41) is 10.7. The summed E-state index contributed by atoms with van der Waals surface area (Å²) in [6.45, 7) is 3.97. The smallest absolute Gasteiger partial charge is 0.268 e. The maximum absolute atomic E-state index is 12.6. The summed E-state index contributed by atoms with van der Waals surface area (Å²) in [6, 6.07) is 6.39. The summed E-state index contributed by atoms with van der Waals surface area (Å²) < 4.78 is 2.13. The Morgan fingerprint density at radius 2 is 1.94 bits per heavy atom. The van der Waals surface area contributed by atoms with E-state index in [9.17, 15) is 4.79 Å². The number of anilines is 3. The fourth-order valence-electron chi connectivity index (χ4n) is 5.09. The van der Waals surface area contributed by atoms with E-state index in [1.165, 1.54) is 6.42 Å². The van der Waals surface area contributed by atoms with E-state index in [4.69, 9.17) is 4.98 Å². The maximum atomic E-state index is 12.6. The molecule has 3 N–H and O–H groups in total. The van der Waals surface area contributed by atoms with Gasteiger partial charge in [-0.2, -0.15) is 4.98 Å². The lowest BCUT2D eigenvalue weighted by molar-refractivity contribution is 0.0855. The second-order valence-corrected chi connectivity index (χ2v) is 8.57. The first kappa shape index (κ1) is 18.6. The van der Waals surface area contributed by atoms with Gasteiger partial charge < -0.3 is 25.4 Å². The monoisotopic (exact) mass is 418 g/mol. The molecule has 5 heterocycles. The van der Waals surface area contributed by atoms with Gasteiger partial charge in [0.05, 0.1) is 17.9 Å². The Bertz CT molecular complexity index is 1120. The molecule has 6 rings (SSSR count). The summed E-state index contributed by atoms with van der Waals surface area (Å²) in [7, 11) is 0. The number of nitrogens with one attached hydrogen (secondary N) is 3. The number of hydrogen-bond donors (Lipinski definition) is 3. The first-order valence-electron chi connectivity index (χ1n) is 11.1. The molecule has 31 heavy (non-hydrogen) atoms. The minimum atomic E-state index is -0.0131. The zero-order valence-electron chi connectivity index (χ0n) is 17.3. The van der Waals surface area contributed by atoms with Crippen LogP contribution in [0.5, 0.6) is 0 Å². The molecule has 0 radical (unpaired) electrons. The number of nitrogens with zero attached hydrogens (tertiary/aromatic N) is 5. The average molecular weight is 419 g/mol. The van der Waals surface area contributed by atoms with Crippen LogP contribution in [-0.4, -0.2) is 57.6 Å². The van der Waals surface area contributed by atoms with E-state index in [2.05, 4.69) is 41.5 Å². The molecule has 1 saturated carbocycles. The van der Waals surface area contributed by atoms with E-state index >= 15 is 0 Å². The summed E-state index contributed by atoms with van der Waals surface area (Å²) >= 11 is 0. The molecule has 3 aromatic heterocycles. The van der Waals surface area contributed by atoms with Crippen LogP contribution in [0, 0.1) is 0 Å². The van der Waals surface area contributed by atoms with E-state index in [1.807, 2.05) is 18.3 Å². The molecule has 3 aromatic rings. The Labute approximate surface area is 180 Å². The van der Waals surface area contributed by atoms with Crippen molar-refractivity contribution in [3.8, 4) is 0 Å². The van der Waals surface area contributed by atoms with E-state index in [1.54, 1.807) is 6.20 Å². The number of pyridine rings is 1. The lowest BCUT2D eigenvalue weighted by Crippen LogP contribution is -2.48. The highest BCUT2D eigenvalue weighted by atomic mass is 16.2. The average Bonchev–Trinajstić information content (AvgIpc) is 3.20. The Morgan fingerprint density at radius 1 is 1.06 bits per heavy atom. The van der Waals surface area contributed by atoms with E-state index in [0.29, 0.717) is 17.5 Å². The van der Waals surface area contributed by atoms with Crippen molar-refractivity contribution < 1.29 is 4.79 Å². The molecule has 0 unspecified atom stereocenters. The standard InChI is InChI=1S/C22H26N8O/c31-21-18-11-14-12-25-22(28-20(14)30(18)17-4-2-1-3-16(17)26-21)27-19-6-5-15(13-24-19)29-9-7-23-8-10-29/h5-6,11-13,16-17,23H,1-4,7-10H2,(H,26,31)(H,24,25,27,28)/t16-,17+/m0/s1. The van der Waals surface area contributed by atoms with Gasteiger partial charge in [0.25, 0.3) is 5.91 Å². The fraction of sp³-hybridized carbons (Fsp3) is 0.455. The van der Waals surface area contributed by atoms with Crippen LogP contribution in [0.3, 0.4) is 0 Å². The SMILES string of the molecule is O=C1N[C@H]2CCCC[C@H]2n2c1cc1cnc(Nc3ccc(N4CCNCC4)cn3)nc12. The van der Waals surface area contributed by atoms with Gasteiger partial charge >= 0.3 is 0 Å². The van der Waals surface area contributed by atoms with Crippen LogP contribution in [0.1, 0.15) is 42.2 Å². The normalized spacial score (nSPS) is 23.2. The van der Waals surface area contributed by atoms with E-state index in [0.717, 1.165) is 62.2 Å². The zero-order chi connectivity index (χ0) is 20.8. The van der Waals surface area contributed by atoms with Crippen molar-refractivity contribution in [3.05, 3.63) is 36.3 Å². The molecule has 1 aliphatic carbocycles. The number of piperazine rings is 1. The highest BCUT2D eigenvalue weighted by Crippen LogP contribution is 2.36. The molecule has 0 aromatic carbocycles. The molecule has 1 amide bonds. The van der Waals surface area contributed by atoms with Crippen molar-refractivity contribution >= 4 is 34.4 Å². The number of aromatic nitrogens is 4. The highest BCUT2D eigenvalue weighted by Gasteiger charge is 2.36. The van der Waals surface area contributed by atoms with Crippen molar-refractivity contribution in [2.24, 2.45) is 0 Å². The number of rotatable bonds is 3. The quantitative estimate of drug-likeness (QED) is 0.600. The van der Waals surface area contributed by atoms with E-state index in [-0.39, 0.29) is 18.0 Å². The molecule has 2 atom stereocenters. The second kappa shape index (κ2) is 7.49. The second-order valence-electron chi connectivity index (χ2n) is 8.57. The molecule has 9 nitrogen and oxygen atoms in total. The minimum Gasteiger partial charge on any atom is -0.368 e. The highest BCUT2D eigenvalue weighted by molar-refractivity contribution is 5.99. The predicted octanol–water partition coefficient (Wildman–Crippen LogP) is 2.21. The number of carbonyl (C=O) groups is 1. The molecule has 3 aliphatic rings. The van der Waals surface area contributed by atoms with Gasteiger partial charge in [0.2, 0.25) is 5.95 Å². The lowest BCUT2D eigenvalue weighted by Gasteiger charge is -2.38. The third-order valence-electron chi connectivity index (χ3n) is 6.66. The lowest BCUT2D eigenvalue weighted by atomic mass is 9.88. The van der Waals surface area contributed by atoms with Crippen molar-refractivity contribution in [2.75, 3.05) is 36.4 Å². The Kier molecular flexibility index (Phi) is 4.48. The first-order chi connectivity index (χ1) is 15.3. The first-order valence-corrected chi connectivity index (χ1v) is 11.1. The fourth-order valence-corrected chi connectivity index (χ4v) is 5.09. The predicted molar refractivity (Wildman–Crippen MR) is 119 cm³/mol. The minimum absolute atomic E-state index is 0.0131. The Balaban J connectivity index is 1.29. The Hall–Kier alpha value is -3.20. The summed E-state index contributed by atoms with van der Waals surface area (Å²) in [5.74, 6) is 1.19. The van der Waals surface area contributed by atoms with Crippen molar-refractivity contribution in [1.29, 1.82) is 0 Å². The molecule has 2 aliphatic heterocycles. The molecule has 160 valence electrons. The van der Waals surface area contributed by atoms with Gasteiger partial charge in [-0.1, -0.05) is 12.8 Å². The van der Waals surface area contributed by atoms with Crippen LogP contribution in [0.15, 0.2) is 30.6 Å². The third kappa shape index (κ3) is 3.29. The van der Waals surface area contributed by atoms with Gasteiger partial charge in [-0.05, 0) is 31.0 Å². The number of fused-ring (bicyclic) bond motifs is 5. The van der Waals surface area contributed by atoms with Gasteiger partial charge in [-0.3, -0.25) is 4.79 Å². The van der Waals surface area contributed by atoms with Gasteiger partial charge in [0.15, 0.2) is 0 Å². The molecule has 1 saturated heterocycles. The van der Waals surface area contributed by atoms with Crippen LogP contribution < -0.4 is 20.9 Å². The maximum Gasteiger partial charge on any atom is 0.268 e. The van der Waals surface area contributed by atoms with Crippen LogP contribution >= 0.6 is 0 Å². The topological polar surface area (TPSA) is 100 Å². The Morgan fingerprint density at radius 3 is 2.77 bits per heavy atom. The third-order valence-corrected chi connectivity index (χ3v) is 6.66. The van der Waals surface area contributed by atoms with Gasteiger partial charge in [0.1, 0.15) is 17.2 Å². The number of hydrogen-bond acceptors (Lipinski definition) is 7. The molecule has 2 fully saturated rings. The molecule has 0 bridgehead atoms.